The van der Waals surface area contributed by atoms with E-state index in [0.29, 0.717) is 6.42 Å². The zero-order valence-corrected chi connectivity index (χ0v) is 30.1. The van der Waals surface area contributed by atoms with Crippen LogP contribution in [0.15, 0.2) is 89.5 Å². The van der Waals surface area contributed by atoms with Gasteiger partial charge in [-0.1, -0.05) is 50.3 Å². The molecule has 0 atom stereocenters. The summed E-state index contributed by atoms with van der Waals surface area (Å²) in [5, 5.41) is 8.50. The summed E-state index contributed by atoms with van der Waals surface area (Å²) in [5.74, 6) is 0.405. The monoisotopic (exact) mass is 649 g/mol. The molecule has 256 valence electrons. The molecule has 8 heteroatoms. The number of hydrogen-bond donors (Lipinski definition) is 3. The van der Waals surface area contributed by atoms with E-state index in [4.69, 9.17) is 10.7 Å². The first kappa shape index (κ1) is 36.3. The lowest BCUT2D eigenvalue weighted by atomic mass is 9.96. The molecule has 2 aromatic carbocycles. The standard InChI is InChI=1S/C40H55N7O/c1-9-13-18-31(11-3)42-35-26-34(28(5)25-36(35)46(8)24-23-45(6)7)43-38(12-4)44-39(29(10-2)20-21-37(41)48)33-27-47-22-15-17-30-16-14-19-32(33)40(30)47/h10-12,14,16,18-19,25-27,42-43H,3,9,13,15,17,20-24H2,1-2,4-8H3,(H2,41,48)/b29-10-,31-18?,38-12+,44-39+. The number of carbonyl (C=O) groups is 1. The van der Waals surface area contributed by atoms with Crippen LogP contribution in [0.1, 0.15) is 69.6 Å². The van der Waals surface area contributed by atoms with Crippen LogP contribution in [0.25, 0.3) is 10.9 Å². The second-order valence-electron chi connectivity index (χ2n) is 12.9. The van der Waals surface area contributed by atoms with Gasteiger partial charge in [-0.15, -0.1) is 0 Å². The highest BCUT2D eigenvalue weighted by Gasteiger charge is 2.22. The van der Waals surface area contributed by atoms with Crippen LogP contribution in [0.2, 0.25) is 0 Å². The number of para-hydroxylation sites is 1. The molecule has 0 spiro atoms. The van der Waals surface area contributed by atoms with Gasteiger partial charge in [-0.25, -0.2) is 4.99 Å². The van der Waals surface area contributed by atoms with Crippen molar-refractivity contribution >= 4 is 39.6 Å². The van der Waals surface area contributed by atoms with Gasteiger partial charge in [0.1, 0.15) is 5.82 Å². The van der Waals surface area contributed by atoms with Crippen LogP contribution in [0.4, 0.5) is 17.1 Å². The summed E-state index contributed by atoms with van der Waals surface area (Å²) < 4.78 is 2.36. The van der Waals surface area contributed by atoms with E-state index in [1.54, 1.807) is 0 Å². The Morgan fingerprint density at radius 2 is 1.88 bits per heavy atom. The van der Waals surface area contributed by atoms with Crippen molar-refractivity contribution in [3.05, 3.63) is 101 Å². The summed E-state index contributed by atoms with van der Waals surface area (Å²) >= 11 is 0. The van der Waals surface area contributed by atoms with Gasteiger partial charge in [0.05, 0.1) is 22.6 Å². The molecule has 3 aromatic rings. The summed E-state index contributed by atoms with van der Waals surface area (Å²) in [7, 11) is 6.33. The average Bonchev–Trinajstić information content (AvgIpc) is 3.45. The third-order valence-corrected chi connectivity index (χ3v) is 8.93. The molecule has 48 heavy (non-hydrogen) atoms. The number of carbonyl (C=O) groups excluding carboxylic acids is 1. The van der Waals surface area contributed by atoms with Crippen molar-refractivity contribution in [1.29, 1.82) is 0 Å². The zero-order chi connectivity index (χ0) is 34.8. The molecule has 1 aliphatic rings. The van der Waals surface area contributed by atoms with Crippen molar-refractivity contribution in [2.45, 2.75) is 72.8 Å². The number of allylic oxidation sites excluding steroid dienone is 5. The summed E-state index contributed by atoms with van der Waals surface area (Å²) in [6, 6.07) is 11.0. The number of nitrogens with zero attached hydrogens (tertiary/aromatic N) is 4. The third kappa shape index (κ3) is 8.86. The SMILES string of the molecule is C=CC(=CCCC)Nc1cc(NC(=C\C)/N=C(\C(=C/C)CCC(N)=O)c2cn3c4c(cccc24)CCC3)c(C)cc1N(C)CCN(C)C. The molecule has 4 N–H and O–H groups in total. The average molecular weight is 650 g/mol. The molecule has 0 saturated heterocycles. The van der Waals surface area contributed by atoms with Crippen molar-refractivity contribution in [3.63, 3.8) is 0 Å². The van der Waals surface area contributed by atoms with E-state index in [2.05, 4.69) is 115 Å². The Kier molecular flexibility index (Phi) is 12.9. The Bertz CT molecular complexity index is 1740. The van der Waals surface area contributed by atoms with E-state index in [0.717, 1.165) is 96.3 Å². The molecule has 0 aliphatic carbocycles. The third-order valence-electron chi connectivity index (χ3n) is 8.93. The highest BCUT2D eigenvalue weighted by molar-refractivity contribution is 6.20. The van der Waals surface area contributed by atoms with Gasteiger partial charge in [0.15, 0.2) is 0 Å². The van der Waals surface area contributed by atoms with Crippen LogP contribution >= 0.6 is 0 Å². The van der Waals surface area contributed by atoms with Crippen LogP contribution < -0.4 is 21.3 Å². The Hall–Kier alpha value is -4.56. The van der Waals surface area contributed by atoms with Crippen molar-refractivity contribution in [2.75, 3.05) is 49.8 Å². The minimum atomic E-state index is -0.320. The Labute approximate surface area is 287 Å². The largest absolute Gasteiger partial charge is 0.372 e. The van der Waals surface area contributed by atoms with Gasteiger partial charge in [-0.05, 0) is 102 Å². The van der Waals surface area contributed by atoms with Crippen LogP contribution in [0, 0.1) is 6.92 Å². The molecule has 0 radical (unpaired) electrons. The lowest BCUT2D eigenvalue weighted by molar-refractivity contribution is -0.117. The van der Waals surface area contributed by atoms with Crippen LogP contribution in [-0.2, 0) is 17.8 Å². The molecular weight excluding hydrogens is 594 g/mol. The smallest absolute Gasteiger partial charge is 0.217 e. The normalized spacial score (nSPS) is 14.1. The van der Waals surface area contributed by atoms with Crippen LogP contribution in [0.3, 0.4) is 0 Å². The first-order chi connectivity index (χ1) is 23.1. The summed E-state index contributed by atoms with van der Waals surface area (Å²) in [6.45, 7) is 15.2. The predicted octanol–water partition coefficient (Wildman–Crippen LogP) is 8.15. The van der Waals surface area contributed by atoms with Crippen LogP contribution in [-0.4, -0.2) is 55.3 Å². The summed E-state index contributed by atoms with van der Waals surface area (Å²) in [4.78, 5) is 21.7. The topological polar surface area (TPSA) is 90.9 Å². The van der Waals surface area contributed by atoms with E-state index in [1.807, 2.05) is 26.0 Å². The number of aromatic nitrogens is 1. The maximum absolute atomic E-state index is 11.9. The number of anilines is 3. The molecule has 0 fully saturated rings. The van der Waals surface area contributed by atoms with Gasteiger partial charge in [0, 0.05) is 61.6 Å². The lowest BCUT2D eigenvalue weighted by Gasteiger charge is -2.26. The number of hydrogen-bond acceptors (Lipinski definition) is 6. The van der Waals surface area contributed by atoms with Gasteiger partial charge in [0.2, 0.25) is 5.91 Å². The fourth-order valence-electron chi connectivity index (χ4n) is 6.18. The lowest BCUT2D eigenvalue weighted by Crippen LogP contribution is -2.29. The van der Waals surface area contributed by atoms with Gasteiger partial charge >= 0.3 is 0 Å². The molecule has 1 aliphatic heterocycles. The summed E-state index contributed by atoms with van der Waals surface area (Å²) in [5.41, 5.74) is 16.3. The van der Waals surface area contributed by atoms with Crippen molar-refractivity contribution in [2.24, 2.45) is 10.7 Å². The number of aliphatic imine (C=N–C) groups is 1. The number of primary amides is 1. The molecule has 1 amide bonds. The second-order valence-corrected chi connectivity index (χ2v) is 12.9. The Morgan fingerprint density at radius 1 is 1.08 bits per heavy atom. The minimum absolute atomic E-state index is 0.259. The van der Waals surface area contributed by atoms with Gasteiger partial charge in [-0.2, -0.15) is 0 Å². The Balaban J connectivity index is 1.80. The number of nitrogens with two attached hydrogens (primary N) is 1. The van der Waals surface area contributed by atoms with Gasteiger partial charge in [0.25, 0.3) is 0 Å². The van der Waals surface area contributed by atoms with E-state index < -0.39 is 0 Å². The fraction of sp³-hybridized carbons (Fsp3) is 0.400. The molecule has 4 rings (SSSR count). The molecule has 1 aromatic heterocycles. The van der Waals surface area contributed by atoms with Crippen molar-refractivity contribution < 1.29 is 4.79 Å². The number of likely N-dealkylation sites (N-methyl/N-ethyl adjacent to an activating group) is 2. The highest BCUT2D eigenvalue weighted by atomic mass is 16.1. The number of unbranched alkanes of at least 4 members (excludes halogenated alkanes) is 1. The molecule has 8 nitrogen and oxygen atoms in total. The molecule has 2 heterocycles. The van der Waals surface area contributed by atoms with Crippen LogP contribution in [0.5, 0.6) is 0 Å². The second kappa shape index (κ2) is 17.0. The first-order valence-electron chi connectivity index (χ1n) is 17.3. The zero-order valence-electron chi connectivity index (χ0n) is 30.1. The van der Waals surface area contributed by atoms with E-state index >= 15 is 0 Å². The predicted molar refractivity (Wildman–Crippen MR) is 206 cm³/mol. The van der Waals surface area contributed by atoms with E-state index in [1.165, 1.54) is 16.5 Å². The number of rotatable bonds is 17. The van der Waals surface area contributed by atoms with E-state index in [9.17, 15) is 4.79 Å². The highest BCUT2D eigenvalue weighted by Crippen LogP contribution is 2.35. The molecular formula is C40H55N7O. The van der Waals surface area contributed by atoms with Gasteiger partial charge < -0.3 is 30.7 Å². The maximum atomic E-state index is 11.9. The quantitative estimate of drug-likeness (QED) is 0.101. The van der Waals surface area contributed by atoms with Crippen molar-refractivity contribution in [3.8, 4) is 0 Å². The number of aryl methyl sites for hydroxylation is 3. The van der Waals surface area contributed by atoms with E-state index in [-0.39, 0.29) is 12.3 Å². The first-order valence-corrected chi connectivity index (χ1v) is 17.3. The number of benzene rings is 2. The van der Waals surface area contributed by atoms with Gasteiger partial charge in [-0.3, -0.25) is 4.79 Å². The number of amides is 1. The summed E-state index contributed by atoms with van der Waals surface area (Å²) in [6.07, 6.45) is 15.4. The molecule has 0 saturated carbocycles. The Morgan fingerprint density at radius 3 is 2.54 bits per heavy atom. The minimum Gasteiger partial charge on any atom is -0.372 e. The maximum Gasteiger partial charge on any atom is 0.217 e. The number of nitrogens with one attached hydrogen (secondary N) is 2. The van der Waals surface area contributed by atoms with Crippen molar-refractivity contribution in [1.82, 2.24) is 9.47 Å². The molecule has 0 unspecified atom stereocenters. The molecule has 0 bridgehead atoms. The fourth-order valence-corrected chi connectivity index (χ4v) is 6.18.